The predicted octanol–water partition coefficient (Wildman–Crippen LogP) is 0.117. The molecule has 2 aliphatic heterocycles. The van der Waals surface area contributed by atoms with Crippen molar-refractivity contribution in [1.29, 1.82) is 0 Å². The lowest BCUT2D eigenvalue weighted by Crippen LogP contribution is -2.42. The van der Waals surface area contributed by atoms with Gasteiger partial charge in [-0.25, -0.2) is 4.98 Å². The van der Waals surface area contributed by atoms with E-state index in [2.05, 4.69) is 15.6 Å². The third-order valence-corrected chi connectivity index (χ3v) is 4.50. The van der Waals surface area contributed by atoms with Gasteiger partial charge in [0.1, 0.15) is 0 Å². The Bertz CT molecular complexity index is 569. The Morgan fingerprint density at radius 3 is 2.83 bits per heavy atom. The van der Waals surface area contributed by atoms with Crippen LogP contribution in [0, 0.1) is 5.92 Å². The lowest BCUT2D eigenvalue weighted by atomic mass is 10.0. The number of amides is 2. The third kappa shape index (κ3) is 3.79. The van der Waals surface area contributed by atoms with Crippen LogP contribution in [0.3, 0.4) is 0 Å². The predicted molar refractivity (Wildman–Crippen MR) is 83.9 cm³/mol. The smallest absolute Gasteiger partial charge is 0.252 e. The van der Waals surface area contributed by atoms with Crippen LogP contribution in [0.15, 0.2) is 18.3 Å². The highest BCUT2D eigenvalue weighted by Crippen LogP contribution is 2.18. The molecule has 23 heavy (non-hydrogen) atoms. The van der Waals surface area contributed by atoms with Crippen LogP contribution in [0.1, 0.15) is 29.6 Å². The van der Waals surface area contributed by atoms with E-state index < -0.39 is 0 Å². The van der Waals surface area contributed by atoms with Crippen molar-refractivity contribution in [2.45, 2.75) is 25.3 Å². The van der Waals surface area contributed by atoms with Crippen molar-refractivity contribution < 1.29 is 14.7 Å². The molecule has 1 aromatic rings. The van der Waals surface area contributed by atoms with E-state index in [-0.39, 0.29) is 29.7 Å². The van der Waals surface area contributed by atoms with E-state index in [0.717, 1.165) is 38.9 Å². The van der Waals surface area contributed by atoms with Crippen molar-refractivity contribution in [3.8, 4) is 5.88 Å². The normalized spacial score (nSPS) is 23.9. The Hall–Kier alpha value is -2.15. The summed E-state index contributed by atoms with van der Waals surface area (Å²) in [4.78, 5) is 30.0. The molecule has 2 fully saturated rings. The molecule has 0 aliphatic carbocycles. The summed E-state index contributed by atoms with van der Waals surface area (Å²) in [6, 6.07) is 2.80. The van der Waals surface area contributed by atoms with Crippen molar-refractivity contribution in [2.24, 2.45) is 5.92 Å². The first kappa shape index (κ1) is 15.7. The standard InChI is InChI=1S/C16H22N4O3/c21-14-4-3-12(10-18-14)15(22)19-9-11-7-13(17-8-11)16(23)20-5-1-2-6-20/h3-4,10-11,13,17H,1-2,5-9H2,(H,18,21)(H,19,22). The number of likely N-dealkylation sites (tertiary alicyclic amines) is 1. The molecule has 2 amide bonds. The van der Waals surface area contributed by atoms with Crippen LogP contribution in [-0.4, -0.2) is 59.0 Å². The van der Waals surface area contributed by atoms with E-state index in [1.807, 2.05) is 4.90 Å². The summed E-state index contributed by atoms with van der Waals surface area (Å²) in [5.74, 6) is 0.122. The fourth-order valence-electron chi connectivity index (χ4n) is 3.17. The number of hydrogen-bond acceptors (Lipinski definition) is 5. The average Bonchev–Trinajstić information content (AvgIpc) is 3.24. The van der Waals surface area contributed by atoms with Gasteiger partial charge in [-0.3, -0.25) is 9.59 Å². The number of pyridine rings is 1. The van der Waals surface area contributed by atoms with Gasteiger partial charge in [-0.1, -0.05) is 0 Å². The van der Waals surface area contributed by atoms with Gasteiger partial charge in [-0.05, 0) is 31.2 Å². The molecule has 2 aliphatic rings. The summed E-state index contributed by atoms with van der Waals surface area (Å²) < 4.78 is 0. The molecule has 2 unspecified atom stereocenters. The SMILES string of the molecule is O=C(NCC1CNC(C(=O)N2CCCC2)C1)c1ccc(O)nc1. The number of carbonyl (C=O) groups excluding carboxylic acids is 2. The summed E-state index contributed by atoms with van der Waals surface area (Å²) in [6.45, 7) is 2.99. The summed E-state index contributed by atoms with van der Waals surface area (Å²) in [5.41, 5.74) is 0.415. The molecule has 0 aromatic carbocycles. The highest BCUT2D eigenvalue weighted by molar-refractivity contribution is 5.93. The molecule has 0 spiro atoms. The van der Waals surface area contributed by atoms with Crippen molar-refractivity contribution in [2.75, 3.05) is 26.2 Å². The first-order chi connectivity index (χ1) is 11.1. The van der Waals surface area contributed by atoms with Gasteiger partial charge in [-0.15, -0.1) is 0 Å². The minimum atomic E-state index is -0.216. The number of carbonyl (C=O) groups is 2. The van der Waals surface area contributed by atoms with Gasteiger partial charge in [0, 0.05) is 38.4 Å². The van der Waals surface area contributed by atoms with E-state index in [0.29, 0.717) is 12.1 Å². The van der Waals surface area contributed by atoms with E-state index in [1.54, 1.807) is 0 Å². The maximum Gasteiger partial charge on any atom is 0.252 e. The van der Waals surface area contributed by atoms with Gasteiger partial charge in [0.15, 0.2) is 0 Å². The number of nitrogens with zero attached hydrogens (tertiary/aromatic N) is 2. The molecular weight excluding hydrogens is 296 g/mol. The Kier molecular flexibility index (Phi) is 4.76. The van der Waals surface area contributed by atoms with Crippen molar-refractivity contribution in [1.82, 2.24) is 20.5 Å². The lowest BCUT2D eigenvalue weighted by molar-refractivity contribution is -0.132. The number of hydrogen-bond donors (Lipinski definition) is 3. The summed E-state index contributed by atoms with van der Waals surface area (Å²) in [7, 11) is 0. The highest BCUT2D eigenvalue weighted by Gasteiger charge is 2.33. The highest BCUT2D eigenvalue weighted by atomic mass is 16.3. The molecule has 0 saturated carbocycles. The number of nitrogens with one attached hydrogen (secondary N) is 2. The lowest BCUT2D eigenvalue weighted by Gasteiger charge is -2.20. The van der Waals surface area contributed by atoms with Crippen LogP contribution >= 0.6 is 0 Å². The van der Waals surface area contributed by atoms with E-state index >= 15 is 0 Å². The summed E-state index contributed by atoms with van der Waals surface area (Å²) in [6.07, 6.45) is 4.29. The molecular formula is C16H22N4O3. The molecule has 0 radical (unpaired) electrons. The zero-order valence-corrected chi connectivity index (χ0v) is 13.0. The summed E-state index contributed by atoms with van der Waals surface area (Å²) in [5, 5.41) is 15.3. The molecule has 0 bridgehead atoms. The van der Waals surface area contributed by atoms with Gasteiger partial charge in [0.2, 0.25) is 11.8 Å². The van der Waals surface area contributed by atoms with E-state index in [4.69, 9.17) is 5.11 Å². The minimum absolute atomic E-state index is 0.107. The maximum atomic E-state index is 12.3. The monoisotopic (exact) mass is 318 g/mol. The molecule has 7 nitrogen and oxygen atoms in total. The van der Waals surface area contributed by atoms with Crippen molar-refractivity contribution in [3.05, 3.63) is 23.9 Å². The minimum Gasteiger partial charge on any atom is -0.493 e. The van der Waals surface area contributed by atoms with Gasteiger partial charge in [-0.2, -0.15) is 0 Å². The zero-order valence-electron chi connectivity index (χ0n) is 13.0. The van der Waals surface area contributed by atoms with Gasteiger partial charge in [0.05, 0.1) is 11.6 Å². The number of rotatable bonds is 4. The van der Waals surface area contributed by atoms with Crippen molar-refractivity contribution >= 4 is 11.8 Å². The second-order valence-corrected chi connectivity index (χ2v) is 6.21. The number of aromatic nitrogens is 1. The first-order valence-electron chi connectivity index (χ1n) is 8.09. The van der Waals surface area contributed by atoms with Crippen LogP contribution in [0.5, 0.6) is 5.88 Å². The summed E-state index contributed by atoms with van der Waals surface area (Å²) >= 11 is 0. The molecule has 1 aromatic heterocycles. The topological polar surface area (TPSA) is 94.6 Å². The molecule has 2 atom stereocenters. The first-order valence-corrected chi connectivity index (χ1v) is 8.09. The molecule has 3 N–H and O–H groups in total. The van der Waals surface area contributed by atoms with Gasteiger partial charge < -0.3 is 20.6 Å². The molecule has 7 heteroatoms. The average molecular weight is 318 g/mol. The van der Waals surface area contributed by atoms with Crippen LogP contribution < -0.4 is 10.6 Å². The van der Waals surface area contributed by atoms with Gasteiger partial charge >= 0.3 is 0 Å². The molecule has 3 heterocycles. The molecule has 3 rings (SSSR count). The second kappa shape index (κ2) is 6.95. The maximum absolute atomic E-state index is 12.3. The van der Waals surface area contributed by atoms with Crippen LogP contribution in [0.25, 0.3) is 0 Å². The Morgan fingerprint density at radius 2 is 2.13 bits per heavy atom. The zero-order chi connectivity index (χ0) is 16.2. The molecule has 124 valence electrons. The Morgan fingerprint density at radius 1 is 1.35 bits per heavy atom. The fraction of sp³-hybridized carbons (Fsp3) is 0.562. The van der Waals surface area contributed by atoms with Crippen LogP contribution in [0.4, 0.5) is 0 Å². The van der Waals surface area contributed by atoms with E-state index in [9.17, 15) is 9.59 Å². The Balaban J connectivity index is 1.45. The molecule has 2 saturated heterocycles. The van der Waals surface area contributed by atoms with Crippen LogP contribution in [0.2, 0.25) is 0 Å². The quantitative estimate of drug-likeness (QED) is 0.733. The van der Waals surface area contributed by atoms with Crippen LogP contribution in [-0.2, 0) is 4.79 Å². The second-order valence-electron chi connectivity index (χ2n) is 6.21. The largest absolute Gasteiger partial charge is 0.493 e. The Labute approximate surface area is 135 Å². The number of aromatic hydroxyl groups is 1. The van der Waals surface area contributed by atoms with Crippen molar-refractivity contribution in [3.63, 3.8) is 0 Å². The fourth-order valence-corrected chi connectivity index (χ4v) is 3.17. The van der Waals surface area contributed by atoms with E-state index in [1.165, 1.54) is 18.3 Å². The third-order valence-electron chi connectivity index (χ3n) is 4.50. The van der Waals surface area contributed by atoms with Gasteiger partial charge in [0.25, 0.3) is 5.91 Å².